The Balaban J connectivity index is 1.77. The molecule has 6 heteroatoms. The van der Waals surface area contributed by atoms with Gasteiger partial charge in [-0.1, -0.05) is 0 Å². The lowest BCUT2D eigenvalue weighted by atomic mass is 10.0. The van der Waals surface area contributed by atoms with Crippen molar-refractivity contribution in [3.8, 4) is 5.75 Å². The van der Waals surface area contributed by atoms with Gasteiger partial charge in [-0.3, -0.25) is 4.79 Å². The number of aromatic nitrogens is 2. The highest BCUT2D eigenvalue weighted by Gasteiger charge is 2.09. The summed E-state index contributed by atoms with van der Waals surface area (Å²) in [6.07, 6.45) is 0.763. The van der Waals surface area contributed by atoms with Crippen LogP contribution in [0.25, 0.3) is 11.0 Å². The van der Waals surface area contributed by atoms with E-state index in [4.69, 9.17) is 9.84 Å². The second-order valence-corrected chi connectivity index (χ2v) is 6.59. The van der Waals surface area contributed by atoms with E-state index in [-0.39, 0.29) is 12.5 Å². The predicted octanol–water partition coefficient (Wildman–Crippen LogP) is 4.42. The number of carboxylic acid groups (broad SMARTS) is 1. The molecule has 2 aromatic carbocycles. The lowest BCUT2D eigenvalue weighted by molar-refractivity contribution is -0.136. The zero-order valence-corrected chi connectivity index (χ0v) is 15.2. The maximum absolute atomic E-state index is 10.8. The van der Waals surface area contributed by atoms with E-state index in [0.717, 1.165) is 33.6 Å². The second-order valence-electron chi connectivity index (χ2n) is 6.59. The fraction of sp³-hybridized carbons (Fsp3) is 0.300. The molecule has 3 aromatic rings. The van der Waals surface area contributed by atoms with E-state index in [1.54, 1.807) is 0 Å². The number of hydrogen-bond acceptors (Lipinski definition) is 4. The average Bonchev–Trinajstić information content (AvgIpc) is 2.95. The zero-order chi connectivity index (χ0) is 18.7. The van der Waals surface area contributed by atoms with Crippen LogP contribution in [-0.4, -0.2) is 27.1 Å². The minimum Gasteiger partial charge on any atom is -0.491 e. The molecular weight excluding hydrogens is 330 g/mol. The zero-order valence-electron chi connectivity index (χ0n) is 15.2. The number of carboxylic acids is 1. The lowest BCUT2D eigenvalue weighted by Gasteiger charge is -2.10. The summed E-state index contributed by atoms with van der Waals surface area (Å²) in [5.74, 6) is 0.680. The van der Waals surface area contributed by atoms with Crippen molar-refractivity contribution in [2.45, 2.75) is 39.7 Å². The summed E-state index contributed by atoms with van der Waals surface area (Å²) in [5.41, 5.74) is 4.71. The van der Waals surface area contributed by atoms with E-state index in [1.165, 1.54) is 0 Å². The van der Waals surface area contributed by atoms with E-state index in [0.29, 0.717) is 12.4 Å². The largest absolute Gasteiger partial charge is 0.491 e. The molecule has 0 saturated heterocycles. The van der Waals surface area contributed by atoms with Crippen LogP contribution < -0.4 is 10.1 Å². The van der Waals surface area contributed by atoms with Crippen molar-refractivity contribution in [1.29, 1.82) is 0 Å². The first kappa shape index (κ1) is 17.8. The molecule has 0 radical (unpaired) electrons. The Morgan fingerprint density at radius 3 is 2.65 bits per heavy atom. The van der Waals surface area contributed by atoms with E-state index < -0.39 is 5.97 Å². The van der Waals surface area contributed by atoms with Gasteiger partial charge in [0.15, 0.2) is 0 Å². The first-order valence-electron chi connectivity index (χ1n) is 8.65. The lowest BCUT2D eigenvalue weighted by Crippen LogP contribution is -2.05. The predicted molar refractivity (Wildman–Crippen MR) is 102 cm³/mol. The number of nitrogens with one attached hydrogen (secondary N) is 2. The molecule has 1 heterocycles. The SMILES string of the molecule is Cc1cc2[nH]c(Nc3ccc(OC(C)C)cc3)nc2cc1CCC(=O)O. The van der Waals surface area contributed by atoms with Crippen molar-refractivity contribution in [3.05, 3.63) is 47.5 Å². The molecule has 0 saturated carbocycles. The monoisotopic (exact) mass is 353 g/mol. The van der Waals surface area contributed by atoms with E-state index in [1.807, 2.05) is 57.2 Å². The first-order chi connectivity index (χ1) is 12.4. The number of aliphatic carboxylic acids is 1. The van der Waals surface area contributed by atoms with Gasteiger partial charge in [0.05, 0.1) is 17.1 Å². The summed E-state index contributed by atoms with van der Waals surface area (Å²) in [6, 6.07) is 11.7. The smallest absolute Gasteiger partial charge is 0.303 e. The first-order valence-corrected chi connectivity index (χ1v) is 8.65. The molecule has 0 bridgehead atoms. The summed E-state index contributed by atoms with van der Waals surface area (Å²) in [4.78, 5) is 18.6. The van der Waals surface area contributed by atoms with Gasteiger partial charge in [0.2, 0.25) is 5.95 Å². The van der Waals surface area contributed by atoms with Crippen molar-refractivity contribution < 1.29 is 14.6 Å². The van der Waals surface area contributed by atoms with Gasteiger partial charge in [-0.2, -0.15) is 0 Å². The molecule has 6 nitrogen and oxygen atoms in total. The van der Waals surface area contributed by atoms with Crippen LogP contribution in [0.3, 0.4) is 0 Å². The van der Waals surface area contributed by atoms with Crippen molar-refractivity contribution >= 4 is 28.6 Å². The molecule has 3 rings (SSSR count). The molecule has 26 heavy (non-hydrogen) atoms. The number of carbonyl (C=O) groups is 1. The number of aryl methyl sites for hydroxylation is 2. The van der Waals surface area contributed by atoms with Gasteiger partial charge in [0.1, 0.15) is 5.75 Å². The number of H-pyrrole nitrogens is 1. The summed E-state index contributed by atoms with van der Waals surface area (Å²) < 4.78 is 5.64. The highest BCUT2D eigenvalue weighted by Crippen LogP contribution is 2.24. The van der Waals surface area contributed by atoms with Crippen LogP contribution in [0, 0.1) is 6.92 Å². The number of aromatic amines is 1. The van der Waals surface area contributed by atoms with Crippen molar-refractivity contribution in [3.63, 3.8) is 0 Å². The molecule has 136 valence electrons. The Kier molecular flexibility index (Phi) is 5.11. The number of anilines is 2. The van der Waals surface area contributed by atoms with Crippen molar-refractivity contribution in [2.24, 2.45) is 0 Å². The van der Waals surface area contributed by atoms with Crippen LogP contribution in [0.5, 0.6) is 5.75 Å². The minimum absolute atomic E-state index is 0.118. The van der Waals surface area contributed by atoms with Gasteiger partial charge in [-0.05, 0) is 74.7 Å². The summed E-state index contributed by atoms with van der Waals surface area (Å²) in [5, 5.41) is 12.1. The van der Waals surface area contributed by atoms with Crippen LogP contribution in [-0.2, 0) is 11.2 Å². The molecule has 0 aliphatic heterocycles. The quantitative estimate of drug-likeness (QED) is 0.585. The molecule has 1 aromatic heterocycles. The number of ether oxygens (including phenoxy) is 1. The van der Waals surface area contributed by atoms with E-state index >= 15 is 0 Å². The fourth-order valence-corrected chi connectivity index (χ4v) is 2.80. The highest BCUT2D eigenvalue weighted by molar-refractivity contribution is 5.80. The van der Waals surface area contributed by atoms with Crippen molar-refractivity contribution in [1.82, 2.24) is 9.97 Å². The Morgan fingerprint density at radius 1 is 1.27 bits per heavy atom. The minimum atomic E-state index is -0.793. The van der Waals surface area contributed by atoms with Gasteiger partial charge < -0.3 is 20.1 Å². The molecule has 0 fully saturated rings. The molecule has 0 aliphatic carbocycles. The van der Waals surface area contributed by atoms with Crippen molar-refractivity contribution in [2.75, 3.05) is 5.32 Å². The van der Waals surface area contributed by atoms with E-state index in [9.17, 15) is 4.79 Å². The number of imidazole rings is 1. The number of benzene rings is 2. The Bertz CT molecular complexity index is 914. The molecule has 0 amide bonds. The third kappa shape index (κ3) is 4.33. The van der Waals surface area contributed by atoms with Crippen LogP contribution in [0.4, 0.5) is 11.6 Å². The topological polar surface area (TPSA) is 87.2 Å². The Labute approximate surface area is 152 Å². The number of rotatable bonds is 7. The molecule has 0 atom stereocenters. The summed E-state index contributed by atoms with van der Waals surface area (Å²) in [6.45, 7) is 5.97. The van der Waals surface area contributed by atoms with Gasteiger partial charge in [0, 0.05) is 12.1 Å². The Hall–Kier alpha value is -3.02. The molecular formula is C20H23N3O3. The molecule has 0 spiro atoms. The third-order valence-corrected chi connectivity index (χ3v) is 4.04. The maximum Gasteiger partial charge on any atom is 0.303 e. The van der Waals surface area contributed by atoms with Gasteiger partial charge >= 0.3 is 5.97 Å². The molecule has 3 N–H and O–H groups in total. The van der Waals surface area contributed by atoms with Crippen LogP contribution in [0.2, 0.25) is 0 Å². The third-order valence-electron chi connectivity index (χ3n) is 4.04. The van der Waals surface area contributed by atoms with Gasteiger partial charge in [-0.15, -0.1) is 0 Å². The number of fused-ring (bicyclic) bond motifs is 1. The van der Waals surface area contributed by atoms with Gasteiger partial charge in [0.25, 0.3) is 0 Å². The highest BCUT2D eigenvalue weighted by atomic mass is 16.5. The second kappa shape index (κ2) is 7.47. The average molecular weight is 353 g/mol. The van der Waals surface area contributed by atoms with Gasteiger partial charge in [-0.25, -0.2) is 4.98 Å². The number of nitrogens with zero attached hydrogens (tertiary/aromatic N) is 1. The molecule has 0 unspecified atom stereocenters. The number of hydrogen-bond donors (Lipinski definition) is 3. The summed E-state index contributed by atoms with van der Waals surface area (Å²) >= 11 is 0. The standard InChI is InChI=1S/C20H23N3O3/c1-12(2)26-16-7-5-15(6-8-16)21-20-22-17-10-13(3)14(4-9-19(24)25)11-18(17)23-20/h5-8,10-12H,4,9H2,1-3H3,(H,24,25)(H2,21,22,23). The van der Waals surface area contributed by atoms with Crippen LogP contribution in [0.1, 0.15) is 31.4 Å². The normalized spacial score (nSPS) is 11.1. The summed E-state index contributed by atoms with van der Waals surface area (Å²) in [7, 11) is 0. The fourth-order valence-electron chi connectivity index (χ4n) is 2.80. The Morgan fingerprint density at radius 2 is 2.00 bits per heavy atom. The maximum atomic E-state index is 10.8. The molecule has 0 aliphatic rings. The van der Waals surface area contributed by atoms with E-state index in [2.05, 4.69) is 15.3 Å². The van der Waals surface area contributed by atoms with Crippen LogP contribution >= 0.6 is 0 Å². The van der Waals surface area contributed by atoms with Crippen LogP contribution in [0.15, 0.2) is 36.4 Å².